The first kappa shape index (κ1) is 17.8. The van der Waals surface area contributed by atoms with Crippen LogP contribution in [-0.4, -0.2) is 29.6 Å². The van der Waals surface area contributed by atoms with Crippen LogP contribution in [0.5, 0.6) is 5.75 Å². The lowest BCUT2D eigenvalue weighted by atomic mass is 10.1. The molecule has 5 heteroatoms. The number of benzene rings is 1. The highest BCUT2D eigenvalue weighted by Crippen LogP contribution is 2.21. The summed E-state index contributed by atoms with van der Waals surface area (Å²) < 4.78 is 5.39. The lowest BCUT2D eigenvalue weighted by Crippen LogP contribution is -2.41. The van der Waals surface area contributed by atoms with E-state index in [4.69, 9.17) is 4.74 Å². The highest BCUT2D eigenvalue weighted by atomic mass is 16.5. The molecular formula is C19H25N3O2. The number of hydrogen-bond donors (Lipinski definition) is 1. The van der Waals surface area contributed by atoms with E-state index in [1.807, 2.05) is 51.1 Å². The first-order valence-electron chi connectivity index (χ1n) is 8.14. The van der Waals surface area contributed by atoms with Gasteiger partial charge in [0.2, 0.25) is 0 Å². The third kappa shape index (κ3) is 4.25. The van der Waals surface area contributed by atoms with Crippen molar-refractivity contribution in [3.8, 4) is 5.75 Å². The summed E-state index contributed by atoms with van der Waals surface area (Å²) in [6.07, 6.45) is 3.53. The van der Waals surface area contributed by atoms with Gasteiger partial charge in [0, 0.05) is 31.0 Å². The first-order valence-corrected chi connectivity index (χ1v) is 8.14. The fraction of sp³-hybridized carbons (Fsp3) is 0.368. The van der Waals surface area contributed by atoms with Gasteiger partial charge in [0.05, 0.1) is 13.2 Å². The van der Waals surface area contributed by atoms with Crippen molar-refractivity contribution in [1.29, 1.82) is 0 Å². The highest BCUT2D eigenvalue weighted by molar-refractivity contribution is 5.74. The molecule has 0 bridgehead atoms. The maximum atomic E-state index is 12.6. The van der Waals surface area contributed by atoms with Crippen LogP contribution in [0.2, 0.25) is 0 Å². The molecule has 1 aromatic carbocycles. The van der Waals surface area contributed by atoms with Crippen LogP contribution >= 0.6 is 0 Å². The number of nitrogens with zero attached hydrogens (tertiary/aromatic N) is 2. The van der Waals surface area contributed by atoms with Crippen molar-refractivity contribution in [1.82, 2.24) is 15.2 Å². The second-order valence-corrected chi connectivity index (χ2v) is 5.72. The molecule has 2 amide bonds. The van der Waals surface area contributed by atoms with E-state index in [9.17, 15) is 4.79 Å². The summed E-state index contributed by atoms with van der Waals surface area (Å²) >= 11 is 0. The summed E-state index contributed by atoms with van der Waals surface area (Å²) in [6, 6.07) is 9.69. The number of hydrogen-bond acceptors (Lipinski definition) is 3. The zero-order valence-electron chi connectivity index (χ0n) is 14.7. The molecule has 5 nitrogen and oxygen atoms in total. The summed E-state index contributed by atoms with van der Waals surface area (Å²) in [5.41, 5.74) is 3.10. The van der Waals surface area contributed by atoms with Crippen molar-refractivity contribution in [2.24, 2.45) is 0 Å². The lowest BCUT2D eigenvalue weighted by molar-refractivity contribution is 0.182. The Hall–Kier alpha value is -2.56. The Morgan fingerprint density at radius 2 is 2.17 bits per heavy atom. The molecule has 0 radical (unpaired) electrons. The fourth-order valence-electron chi connectivity index (χ4n) is 2.67. The zero-order chi connectivity index (χ0) is 17.5. The number of ether oxygens (including phenoxy) is 1. The molecule has 0 saturated heterocycles. The molecule has 0 aliphatic rings. The first-order chi connectivity index (χ1) is 11.6. The van der Waals surface area contributed by atoms with E-state index >= 15 is 0 Å². The standard InChI is InChI=1S/C19H25N3O2/c1-5-22(15(3)16-7-6-10-20-12-16)19(23)21-13-17-9-8-14(2)11-18(17)24-4/h6-12,15H,5,13H2,1-4H3,(H,21,23)/t15-/m0/s1. The van der Waals surface area contributed by atoms with E-state index in [-0.39, 0.29) is 12.1 Å². The molecule has 0 aliphatic heterocycles. The summed E-state index contributed by atoms with van der Waals surface area (Å²) in [5.74, 6) is 0.790. The maximum absolute atomic E-state index is 12.6. The number of nitrogens with one attached hydrogen (secondary N) is 1. The molecule has 128 valence electrons. The molecule has 1 aromatic heterocycles. The van der Waals surface area contributed by atoms with E-state index in [1.54, 1.807) is 24.4 Å². The molecule has 24 heavy (non-hydrogen) atoms. The van der Waals surface area contributed by atoms with Gasteiger partial charge in [-0.25, -0.2) is 4.79 Å². The Labute approximate surface area is 143 Å². The van der Waals surface area contributed by atoms with Crippen LogP contribution in [0.25, 0.3) is 0 Å². The molecule has 1 atom stereocenters. The van der Waals surface area contributed by atoms with Gasteiger partial charge >= 0.3 is 6.03 Å². The van der Waals surface area contributed by atoms with E-state index in [2.05, 4.69) is 10.3 Å². The summed E-state index contributed by atoms with van der Waals surface area (Å²) in [4.78, 5) is 18.5. The molecule has 1 heterocycles. The predicted octanol–water partition coefficient (Wildman–Crippen LogP) is 3.69. The number of aryl methyl sites for hydroxylation is 1. The van der Waals surface area contributed by atoms with Crippen molar-refractivity contribution in [2.75, 3.05) is 13.7 Å². The Morgan fingerprint density at radius 1 is 1.38 bits per heavy atom. The van der Waals surface area contributed by atoms with Crippen LogP contribution in [0.15, 0.2) is 42.7 Å². The Kier molecular flexibility index (Phi) is 6.18. The van der Waals surface area contributed by atoms with Gasteiger partial charge in [0.25, 0.3) is 0 Å². The number of pyridine rings is 1. The average Bonchev–Trinajstić information content (AvgIpc) is 2.61. The molecule has 0 unspecified atom stereocenters. The quantitative estimate of drug-likeness (QED) is 0.880. The second-order valence-electron chi connectivity index (χ2n) is 5.72. The van der Waals surface area contributed by atoms with E-state index in [0.29, 0.717) is 13.1 Å². The van der Waals surface area contributed by atoms with Crippen molar-refractivity contribution in [3.05, 3.63) is 59.4 Å². The minimum absolute atomic E-state index is 0.0383. The van der Waals surface area contributed by atoms with Gasteiger partial charge in [-0.3, -0.25) is 4.98 Å². The number of aromatic nitrogens is 1. The van der Waals surface area contributed by atoms with Gasteiger partial charge in [0.1, 0.15) is 5.75 Å². The minimum atomic E-state index is -0.100. The monoisotopic (exact) mass is 327 g/mol. The highest BCUT2D eigenvalue weighted by Gasteiger charge is 2.20. The zero-order valence-corrected chi connectivity index (χ0v) is 14.7. The average molecular weight is 327 g/mol. The maximum Gasteiger partial charge on any atom is 0.318 e. The molecular weight excluding hydrogens is 302 g/mol. The van der Waals surface area contributed by atoms with E-state index in [1.165, 1.54) is 0 Å². The molecule has 1 N–H and O–H groups in total. The number of amides is 2. The molecule has 0 spiro atoms. The number of methoxy groups -OCH3 is 1. The second kappa shape index (κ2) is 8.34. The van der Waals surface area contributed by atoms with E-state index in [0.717, 1.165) is 22.4 Å². The third-order valence-corrected chi connectivity index (χ3v) is 4.11. The molecule has 0 aliphatic carbocycles. The largest absolute Gasteiger partial charge is 0.496 e. The van der Waals surface area contributed by atoms with Gasteiger partial charge in [0.15, 0.2) is 0 Å². The summed E-state index contributed by atoms with van der Waals surface area (Å²) in [7, 11) is 1.64. The number of rotatable bonds is 6. The van der Waals surface area contributed by atoms with Crippen LogP contribution in [0.1, 0.15) is 36.6 Å². The Bertz CT molecular complexity index is 674. The molecule has 2 rings (SSSR count). The summed E-state index contributed by atoms with van der Waals surface area (Å²) in [5, 5.41) is 2.98. The van der Waals surface area contributed by atoms with Gasteiger partial charge in [-0.05, 0) is 44.0 Å². The molecule has 0 saturated carbocycles. The number of urea groups is 1. The van der Waals surface area contributed by atoms with Crippen LogP contribution in [0.3, 0.4) is 0 Å². The minimum Gasteiger partial charge on any atom is -0.496 e. The van der Waals surface area contributed by atoms with Gasteiger partial charge < -0.3 is 15.0 Å². The topological polar surface area (TPSA) is 54.5 Å². The van der Waals surface area contributed by atoms with E-state index < -0.39 is 0 Å². The number of carbonyl (C=O) groups excluding carboxylic acids is 1. The third-order valence-electron chi connectivity index (χ3n) is 4.11. The van der Waals surface area contributed by atoms with Crippen LogP contribution < -0.4 is 10.1 Å². The van der Waals surface area contributed by atoms with Crippen LogP contribution in [0.4, 0.5) is 4.79 Å². The fourth-order valence-corrected chi connectivity index (χ4v) is 2.67. The van der Waals surface area contributed by atoms with Gasteiger partial charge in [-0.2, -0.15) is 0 Å². The Balaban J connectivity index is 2.05. The SMILES string of the molecule is CCN(C(=O)NCc1ccc(C)cc1OC)[C@@H](C)c1cccnc1. The molecule has 2 aromatic rings. The Morgan fingerprint density at radius 3 is 2.79 bits per heavy atom. The van der Waals surface area contributed by atoms with Crippen LogP contribution in [0, 0.1) is 6.92 Å². The summed E-state index contributed by atoms with van der Waals surface area (Å²) in [6.45, 7) is 7.04. The van der Waals surface area contributed by atoms with Crippen LogP contribution in [-0.2, 0) is 6.54 Å². The predicted molar refractivity (Wildman–Crippen MR) is 95.0 cm³/mol. The smallest absolute Gasteiger partial charge is 0.318 e. The lowest BCUT2D eigenvalue weighted by Gasteiger charge is -2.28. The van der Waals surface area contributed by atoms with Gasteiger partial charge in [-0.1, -0.05) is 18.2 Å². The number of carbonyl (C=O) groups is 1. The molecule has 0 fully saturated rings. The van der Waals surface area contributed by atoms with Crippen molar-refractivity contribution in [2.45, 2.75) is 33.4 Å². The van der Waals surface area contributed by atoms with Gasteiger partial charge in [-0.15, -0.1) is 0 Å². The van der Waals surface area contributed by atoms with Crippen molar-refractivity contribution in [3.63, 3.8) is 0 Å². The normalized spacial score (nSPS) is 11.7. The van der Waals surface area contributed by atoms with Crippen molar-refractivity contribution >= 4 is 6.03 Å². The van der Waals surface area contributed by atoms with Crippen molar-refractivity contribution < 1.29 is 9.53 Å².